The molecule has 1 heterocycles. The van der Waals surface area contributed by atoms with Crippen LogP contribution in [0.2, 0.25) is 0 Å². The molecule has 104 valence electrons. The molecule has 19 heavy (non-hydrogen) atoms. The van der Waals surface area contributed by atoms with Gasteiger partial charge in [-0.2, -0.15) is 0 Å². The molecule has 0 spiro atoms. The number of nitrogens with two attached hydrogens (primary N) is 1. The van der Waals surface area contributed by atoms with Gasteiger partial charge in [-0.15, -0.1) is 0 Å². The average Bonchev–Trinajstić information content (AvgIpc) is 2.32. The molecule has 1 aromatic heterocycles. The lowest BCUT2D eigenvalue weighted by atomic mass is 10.2. The van der Waals surface area contributed by atoms with Crippen LogP contribution in [0.3, 0.4) is 0 Å². The lowest BCUT2D eigenvalue weighted by molar-refractivity contribution is -0.126. The van der Waals surface area contributed by atoms with E-state index in [4.69, 9.17) is 10.5 Å². The van der Waals surface area contributed by atoms with E-state index >= 15 is 0 Å². The SMILES string of the molecule is CNCc1nc(C)ccc1OC(C)C(=O)NC(N)=O. The number of aryl methyl sites for hydroxylation is 1. The maximum absolute atomic E-state index is 11.5. The lowest BCUT2D eigenvalue weighted by Gasteiger charge is -2.16. The van der Waals surface area contributed by atoms with Crippen LogP contribution in [-0.4, -0.2) is 30.1 Å². The number of carbonyl (C=O) groups excluding carboxylic acids is 2. The van der Waals surface area contributed by atoms with Crippen molar-refractivity contribution in [2.45, 2.75) is 26.5 Å². The maximum Gasteiger partial charge on any atom is 0.318 e. The van der Waals surface area contributed by atoms with E-state index in [-0.39, 0.29) is 0 Å². The Balaban J connectivity index is 2.80. The van der Waals surface area contributed by atoms with Gasteiger partial charge in [0.2, 0.25) is 0 Å². The molecule has 0 radical (unpaired) electrons. The van der Waals surface area contributed by atoms with E-state index < -0.39 is 18.0 Å². The van der Waals surface area contributed by atoms with E-state index in [0.29, 0.717) is 18.0 Å². The number of nitrogens with zero attached hydrogens (tertiary/aromatic N) is 1. The second kappa shape index (κ2) is 6.69. The number of carbonyl (C=O) groups is 2. The standard InChI is InChI=1S/C12H18N4O3/c1-7-4-5-10(9(15-7)6-14-3)19-8(2)11(17)16-12(13)18/h4-5,8,14H,6H2,1-3H3,(H3,13,16,17,18). The molecule has 1 atom stereocenters. The quantitative estimate of drug-likeness (QED) is 0.699. The Morgan fingerprint density at radius 1 is 1.47 bits per heavy atom. The molecule has 0 aliphatic rings. The molecule has 7 nitrogen and oxygen atoms in total. The summed E-state index contributed by atoms with van der Waals surface area (Å²) < 4.78 is 5.49. The van der Waals surface area contributed by atoms with Gasteiger partial charge in [0.1, 0.15) is 5.75 Å². The van der Waals surface area contributed by atoms with Gasteiger partial charge >= 0.3 is 6.03 Å². The zero-order valence-corrected chi connectivity index (χ0v) is 11.2. The predicted octanol–water partition coefficient (Wildman–Crippen LogP) is 0.0716. The molecule has 7 heteroatoms. The minimum absolute atomic E-state index is 0.493. The number of ether oxygens (including phenoxy) is 1. The van der Waals surface area contributed by atoms with Crippen molar-refractivity contribution < 1.29 is 14.3 Å². The van der Waals surface area contributed by atoms with Crippen LogP contribution < -0.4 is 21.1 Å². The normalized spacial score (nSPS) is 11.7. The maximum atomic E-state index is 11.5. The van der Waals surface area contributed by atoms with Crippen LogP contribution in [0, 0.1) is 6.92 Å². The third-order valence-electron chi connectivity index (χ3n) is 2.34. The highest BCUT2D eigenvalue weighted by molar-refractivity contribution is 5.95. The second-order valence-electron chi connectivity index (χ2n) is 4.04. The molecule has 0 saturated carbocycles. The minimum atomic E-state index is -0.905. The minimum Gasteiger partial charge on any atom is -0.479 e. The van der Waals surface area contributed by atoms with Crippen molar-refractivity contribution in [1.29, 1.82) is 0 Å². The highest BCUT2D eigenvalue weighted by atomic mass is 16.5. The summed E-state index contributed by atoms with van der Waals surface area (Å²) in [5, 5.41) is 4.93. The molecule has 1 rings (SSSR count). The van der Waals surface area contributed by atoms with Gasteiger partial charge in [-0.1, -0.05) is 0 Å². The second-order valence-corrected chi connectivity index (χ2v) is 4.04. The molecule has 1 aromatic rings. The monoisotopic (exact) mass is 266 g/mol. The fourth-order valence-electron chi connectivity index (χ4n) is 1.47. The highest BCUT2D eigenvalue weighted by Gasteiger charge is 2.18. The largest absolute Gasteiger partial charge is 0.479 e. The smallest absolute Gasteiger partial charge is 0.318 e. The third kappa shape index (κ3) is 4.55. The molecule has 0 fully saturated rings. The topological polar surface area (TPSA) is 106 Å². The summed E-state index contributed by atoms with van der Waals surface area (Å²) >= 11 is 0. The summed E-state index contributed by atoms with van der Waals surface area (Å²) in [4.78, 5) is 26.4. The van der Waals surface area contributed by atoms with Crippen LogP contribution >= 0.6 is 0 Å². The Morgan fingerprint density at radius 3 is 2.74 bits per heavy atom. The summed E-state index contributed by atoms with van der Waals surface area (Å²) in [6.07, 6.45) is -0.840. The Hall–Kier alpha value is -2.15. The molecule has 0 bridgehead atoms. The summed E-state index contributed by atoms with van der Waals surface area (Å²) in [6, 6.07) is 2.62. The number of rotatable bonds is 5. The number of nitrogens with one attached hydrogen (secondary N) is 2. The number of imide groups is 1. The van der Waals surface area contributed by atoms with Gasteiger partial charge in [0.05, 0.1) is 5.69 Å². The number of primary amides is 1. The fourth-order valence-corrected chi connectivity index (χ4v) is 1.47. The van der Waals surface area contributed by atoms with Crippen LogP contribution in [0.4, 0.5) is 4.79 Å². The van der Waals surface area contributed by atoms with Crippen molar-refractivity contribution in [1.82, 2.24) is 15.6 Å². The Kier molecular flexibility index (Phi) is 5.25. The summed E-state index contributed by atoms with van der Waals surface area (Å²) in [7, 11) is 1.79. The predicted molar refractivity (Wildman–Crippen MR) is 69.6 cm³/mol. The van der Waals surface area contributed by atoms with Crippen LogP contribution in [-0.2, 0) is 11.3 Å². The number of pyridine rings is 1. The third-order valence-corrected chi connectivity index (χ3v) is 2.34. The van der Waals surface area contributed by atoms with E-state index in [1.807, 2.05) is 12.2 Å². The first kappa shape index (κ1) is 14.9. The highest BCUT2D eigenvalue weighted by Crippen LogP contribution is 2.18. The molecule has 3 amide bonds. The molecule has 1 unspecified atom stereocenters. The lowest BCUT2D eigenvalue weighted by Crippen LogP contribution is -2.42. The number of hydrogen-bond acceptors (Lipinski definition) is 5. The van der Waals surface area contributed by atoms with Crippen LogP contribution in [0.1, 0.15) is 18.3 Å². The van der Waals surface area contributed by atoms with Crippen LogP contribution in [0.15, 0.2) is 12.1 Å². The van der Waals surface area contributed by atoms with Gasteiger partial charge in [-0.3, -0.25) is 15.1 Å². The van der Waals surface area contributed by atoms with Gasteiger partial charge < -0.3 is 15.8 Å². The molecular formula is C12H18N4O3. The first-order valence-electron chi connectivity index (χ1n) is 5.82. The number of hydrogen-bond donors (Lipinski definition) is 3. The van der Waals surface area contributed by atoms with Crippen molar-refractivity contribution in [2.24, 2.45) is 5.73 Å². The molecule has 0 saturated heterocycles. The van der Waals surface area contributed by atoms with E-state index in [1.165, 1.54) is 6.92 Å². The van der Waals surface area contributed by atoms with Crippen molar-refractivity contribution in [3.8, 4) is 5.75 Å². The van der Waals surface area contributed by atoms with E-state index in [1.54, 1.807) is 19.2 Å². The van der Waals surface area contributed by atoms with Gasteiger partial charge in [-0.05, 0) is 33.0 Å². The Bertz CT molecular complexity index is 476. The van der Waals surface area contributed by atoms with Gasteiger partial charge in [-0.25, -0.2) is 4.79 Å². The van der Waals surface area contributed by atoms with E-state index in [0.717, 1.165) is 5.69 Å². The first-order valence-corrected chi connectivity index (χ1v) is 5.82. The van der Waals surface area contributed by atoms with E-state index in [2.05, 4.69) is 10.3 Å². The zero-order chi connectivity index (χ0) is 14.4. The van der Waals surface area contributed by atoms with E-state index in [9.17, 15) is 9.59 Å². The van der Waals surface area contributed by atoms with Crippen molar-refractivity contribution >= 4 is 11.9 Å². The zero-order valence-electron chi connectivity index (χ0n) is 11.2. The molecule has 0 aliphatic carbocycles. The molecule has 0 aliphatic heterocycles. The van der Waals surface area contributed by atoms with Crippen molar-refractivity contribution in [3.63, 3.8) is 0 Å². The van der Waals surface area contributed by atoms with Gasteiger partial charge in [0.15, 0.2) is 6.10 Å². The Labute approximate surface area is 111 Å². The average molecular weight is 266 g/mol. The van der Waals surface area contributed by atoms with Gasteiger partial charge in [0, 0.05) is 12.2 Å². The summed E-state index contributed by atoms with van der Waals surface area (Å²) in [5.41, 5.74) is 6.42. The summed E-state index contributed by atoms with van der Waals surface area (Å²) in [5.74, 6) is -0.101. The number of amides is 3. The fraction of sp³-hybridized carbons (Fsp3) is 0.417. The first-order chi connectivity index (χ1) is 8.93. The molecular weight excluding hydrogens is 248 g/mol. The van der Waals surface area contributed by atoms with Crippen LogP contribution in [0.5, 0.6) is 5.75 Å². The van der Waals surface area contributed by atoms with Crippen molar-refractivity contribution in [3.05, 3.63) is 23.5 Å². The number of urea groups is 1. The molecule has 4 N–H and O–H groups in total. The Morgan fingerprint density at radius 2 is 2.16 bits per heavy atom. The van der Waals surface area contributed by atoms with Crippen LogP contribution in [0.25, 0.3) is 0 Å². The van der Waals surface area contributed by atoms with Crippen molar-refractivity contribution in [2.75, 3.05) is 7.05 Å². The number of aromatic nitrogens is 1. The summed E-state index contributed by atoms with van der Waals surface area (Å²) in [6.45, 7) is 3.91. The molecule has 0 aromatic carbocycles. The van der Waals surface area contributed by atoms with Gasteiger partial charge in [0.25, 0.3) is 5.91 Å².